The van der Waals surface area contributed by atoms with Crippen LogP contribution < -0.4 is 0 Å². The smallest absolute Gasteiger partial charge is 0.0656 e. The molecule has 0 saturated heterocycles. The lowest BCUT2D eigenvalue weighted by atomic mass is 9.86. The summed E-state index contributed by atoms with van der Waals surface area (Å²) in [7, 11) is 0. The maximum absolute atomic E-state index is 6.92. The Kier molecular flexibility index (Phi) is 5.87. The minimum atomic E-state index is 0.0406. The van der Waals surface area contributed by atoms with Gasteiger partial charge in [-0.15, -0.1) is 11.6 Å². The maximum atomic E-state index is 6.92. The average Bonchev–Trinajstić information content (AvgIpc) is 2.55. The average molecular weight is 301 g/mol. The number of alkyl halides is 1. The summed E-state index contributed by atoms with van der Waals surface area (Å²) in [5.74, 6) is 0.366. The molecule has 0 aliphatic heterocycles. The molecule has 0 amide bonds. The molecule has 2 unspecified atom stereocenters. The zero-order valence-electron chi connectivity index (χ0n) is 13.3. The van der Waals surface area contributed by atoms with Crippen LogP contribution in [0.2, 0.25) is 0 Å². The molecule has 0 aliphatic rings. The number of rotatable bonds is 6. The molecule has 2 aromatic carbocycles. The van der Waals surface area contributed by atoms with E-state index in [9.17, 15) is 0 Å². The van der Waals surface area contributed by atoms with E-state index >= 15 is 0 Å². The van der Waals surface area contributed by atoms with Gasteiger partial charge in [0.05, 0.1) is 5.38 Å². The van der Waals surface area contributed by atoms with Crippen molar-refractivity contribution in [1.29, 1.82) is 0 Å². The summed E-state index contributed by atoms with van der Waals surface area (Å²) in [6.07, 6.45) is 3.15. The van der Waals surface area contributed by atoms with Gasteiger partial charge in [0.25, 0.3) is 0 Å². The molecule has 21 heavy (non-hydrogen) atoms. The van der Waals surface area contributed by atoms with Crippen LogP contribution in [0.4, 0.5) is 0 Å². The molecule has 0 bridgehead atoms. The normalized spacial score (nSPS) is 13.9. The van der Waals surface area contributed by atoms with E-state index in [4.69, 9.17) is 11.6 Å². The molecule has 2 rings (SSSR count). The Balaban J connectivity index is 2.39. The van der Waals surface area contributed by atoms with Crippen LogP contribution in [0.25, 0.3) is 0 Å². The second kappa shape index (κ2) is 7.66. The topological polar surface area (TPSA) is 0 Å². The minimum absolute atomic E-state index is 0.0406. The third-order valence-corrected chi connectivity index (χ3v) is 4.86. The monoisotopic (exact) mass is 300 g/mol. The molecule has 0 aliphatic carbocycles. The molecule has 0 N–H and O–H groups in total. The van der Waals surface area contributed by atoms with Gasteiger partial charge in [-0.3, -0.25) is 0 Å². The van der Waals surface area contributed by atoms with Gasteiger partial charge in [-0.25, -0.2) is 0 Å². The lowest BCUT2D eigenvalue weighted by Crippen LogP contribution is -2.08. The maximum Gasteiger partial charge on any atom is 0.0656 e. The molecular formula is C20H25Cl. The fourth-order valence-electron chi connectivity index (χ4n) is 2.97. The van der Waals surface area contributed by atoms with E-state index in [1.807, 2.05) is 0 Å². The quantitative estimate of drug-likeness (QED) is 0.550. The van der Waals surface area contributed by atoms with Crippen molar-refractivity contribution in [1.82, 2.24) is 0 Å². The minimum Gasteiger partial charge on any atom is -0.117 e. The highest BCUT2D eigenvalue weighted by molar-refractivity contribution is 6.21. The van der Waals surface area contributed by atoms with Gasteiger partial charge in [0, 0.05) is 5.92 Å². The van der Waals surface area contributed by atoms with Crippen LogP contribution in [0.15, 0.2) is 48.5 Å². The SMILES string of the molecule is CCc1ccc(CC)c(C(Cl)C(CC)c2ccccc2)c1. The Morgan fingerprint density at radius 3 is 2.19 bits per heavy atom. The van der Waals surface area contributed by atoms with Gasteiger partial charge in [-0.05, 0) is 41.5 Å². The predicted octanol–water partition coefficient (Wildman–Crippen LogP) is 6.29. The van der Waals surface area contributed by atoms with Gasteiger partial charge in [0.2, 0.25) is 0 Å². The molecule has 0 aromatic heterocycles. The molecule has 2 atom stereocenters. The Bertz CT molecular complexity index is 559. The molecular weight excluding hydrogens is 276 g/mol. The predicted molar refractivity (Wildman–Crippen MR) is 93.3 cm³/mol. The molecule has 0 nitrogen and oxygen atoms in total. The van der Waals surface area contributed by atoms with Crippen molar-refractivity contribution < 1.29 is 0 Å². The third kappa shape index (κ3) is 3.68. The van der Waals surface area contributed by atoms with Gasteiger partial charge < -0.3 is 0 Å². The van der Waals surface area contributed by atoms with Crippen molar-refractivity contribution >= 4 is 11.6 Å². The summed E-state index contributed by atoms with van der Waals surface area (Å²) in [6.45, 7) is 6.63. The lowest BCUT2D eigenvalue weighted by Gasteiger charge is -2.24. The zero-order chi connectivity index (χ0) is 15.2. The lowest BCUT2D eigenvalue weighted by molar-refractivity contribution is 0.636. The van der Waals surface area contributed by atoms with Gasteiger partial charge in [0.1, 0.15) is 0 Å². The molecule has 0 spiro atoms. The Morgan fingerprint density at radius 2 is 1.62 bits per heavy atom. The Hall–Kier alpha value is -1.27. The molecule has 0 saturated carbocycles. The van der Waals surface area contributed by atoms with E-state index in [0.29, 0.717) is 5.92 Å². The fourth-order valence-corrected chi connectivity index (χ4v) is 3.50. The first-order valence-corrected chi connectivity index (χ1v) is 8.45. The third-order valence-electron chi connectivity index (χ3n) is 4.32. The molecule has 0 heterocycles. The van der Waals surface area contributed by atoms with Crippen LogP contribution in [-0.4, -0.2) is 0 Å². The van der Waals surface area contributed by atoms with Crippen LogP contribution in [-0.2, 0) is 12.8 Å². The first-order chi connectivity index (χ1) is 10.2. The van der Waals surface area contributed by atoms with Crippen molar-refractivity contribution in [2.24, 2.45) is 0 Å². The Labute approximate surface area is 134 Å². The van der Waals surface area contributed by atoms with E-state index in [2.05, 4.69) is 69.3 Å². The van der Waals surface area contributed by atoms with Crippen LogP contribution in [0.1, 0.15) is 60.7 Å². The Morgan fingerprint density at radius 1 is 0.905 bits per heavy atom. The first kappa shape index (κ1) is 16.1. The summed E-state index contributed by atoms with van der Waals surface area (Å²) in [6, 6.07) is 17.4. The van der Waals surface area contributed by atoms with Crippen LogP contribution in [0.3, 0.4) is 0 Å². The molecule has 0 radical (unpaired) electrons. The highest BCUT2D eigenvalue weighted by Gasteiger charge is 2.23. The second-order valence-corrected chi connectivity index (χ2v) is 6.04. The molecule has 0 fully saturated rings. The van der Waals surface area contributed by atoms with Crippen LogP contribution in [0.5, 0.6) is 0 Å². The van der Waals surface area contributed by atoms with Gasteiger partial charge in [0.15, 0.2) is 0 Å². The second-order valence-electron chi connectivity index (χ2n) is 5.57. The van der Waals surface area contributed by atoms with Crippen molar-refractivity contribution in [3.63, 3.8) is 0 Å². The number of aryl methyl sites for hydroxylation is 2. The van der Waals surface area contributed by atoms with E-state index in [0.717, 1.165) is 19.3 Å². The van der Waals surface area contributed by atoms with Gasteiger partial charge >= 0.3 is 0 Å². The highest BCUT2D eigenvalue weighted by atomic mass is 35.5. The number of hydrogen-bond donors (Lipinski definition) is 0. The summed E-state index contributed by atoms with van der Waals surface area (Å²) in [4.78, 5) is 0. The van der Waals surface area contributed by atoms with Crippen LogP contribution in [0, 0.1) is 0 Å². The van der Waals surface area contributed by atoms with E-state index in [-0.39, 0.29) is 5.38 Å². The number of halogens is 1. The van der Waals surface area contributed by atoms with E-state index < -0.39 is 0 Å². The van der Waals surface area contributed by atoms with Crippen molar-refractivity contribution in [2.45, 2.75) is 51.3 Å². The number of hydrogen-bond acceptors (Lipinski definition) is 0. The summed E-state index contributed by atoms with van der Waals surface area (Å²) in [5, 5.41) is 0.0406. The largest absolute Gasteiger partial charge is 0.117 e. The molecule has 112 valence electrons. The van der Waals surface area contributed by atoms with E-state index in [1.54, 1.807) is 0 Å². The van der Waals surface area contributed by atoms with Crippen molar-refractivity contribution in [3.05, 3.63) is 70.8 Å². The van der Waals surface area contributed by atoms with E-state index in [1.165, 1.54) is 22.3 Å². The summed E-state index contributed by atoms with van der Waals surface area (Å²) < 4.78 is 0. The zero-order valence-corrected chi connectivity index (χ0v) is 14.0. The molecule has 1 heteroatoms. The van der Waals surface area contributed by atoms with Gasteiger partial charge in [-0.2, -0.15) is 0 Å². The van der Waals surface area contributed by atoms with Crippen LogP contribution >= 0.6 is 11.6 Å². The van der Waals surface area contributed by atoms with Crippen molar-refractivity contribution in [3.8, 4) is 0 Å². The summed E-state index contributed by atoms with van der Waals surface area (Å²) >= 11 is 6.92. The standard InChI is InChI=1S/C20H25Cl/c1-4-15-12-13-16(5-2)19(14-15)20(21)18(6-3)17-10-8-7-9-11-17/h7-14,18,20H,4-6H2,1-3H3. The van der Waals surface area contributed by atoms with Crippen molar-refractivity contribution in [2.75, 3.05) is 0 Å². The fraction of sp³-hybridized carbons (Fsp3) is 0.400. The highest BCUT2D eigenvalue weighted by Crippen LogP contribution is 2.40. The molecule has 2 aromatic rings. The summed E-state index contributed by atoms with van der Waals surface area (Å²) in [5.41, 5.74) is 5.40. The first-order valence-electron chi connectivity index (χ1n) is 8.01. The van der Waals surface area contributed by atoms with Gasteiger partial charge in [-0.1, -0.05) is 69.3 Å². The number of benzene rings is 2.